The number of rotatable bonds is 4. The predicted octanol–water partition coefficient (Wildman–Crippen LogP) is 1.63. The summed E-state index contributed by atoms with van der Waals surface area (Å²) in [5.74, 6) is -0.535. The topological polar surface area (TPSA) is 64.6 Å². The van der Waals surface area contributed by atoms with E-state index in [1.165, 1.54) is 0 Å². The van der Waals surface area contributed by atoms with Crippen LogP contribution in [0.25, 0.3) is 0 Å². The molecule has 5 nitrogen and oxygen atoms in total. The molecule has 92 valence electrons. The van der Waals surface area contributed by atoms with Crippen molar-refractivity contribution in [2.75, 3.05) is 6.61 Å². The second-order valence-electron chi connectivity index (χ2n) is 4.43. The van der Waals surface area contributed by atoms with E-state index in [1.807, 2.05) is 20.8 Å². The van der Waals surface area contributed by atoms with Crippen LogP contribution in [0, 0.1) is 0 Å². The number of hydrogen-bond donors (Lipinski definition) is 1. The molecule has 0 aromatic carbocycles. The van der Waals surface area contributed by atoms with Crippen molar-refractivity contribution < 1.29 is 19.1 Å². The highest BCUT2D eigenvalue weighted by Crippen LogP contribution is 2.01. The van der Waals surface area contributed by atoms with E-state index in [2.05, 4.69) is 11.9 Å². The largest absolute Gasteiger partial charge is 0.459 e. The number of carbonyl (C=O) groups excluding carboxylic acids is 2. The lowest BCUT2D eigenvalue weighted by molar-refractivity contribution is -0.140. The molecule has 0 spiro atoms. The first-order valence-electron chi connectivity index (χ1n) is 5.02. The van der Waals surface area contributed by atoms with Crippen LogP contribution in [0.3, 0.4) is 0 Å². The van der Waals surface area contributed by atoms with E-state index in [9.17, 15) is 9.59 Å². The van der Waals surface area contributed by atoms with E-state index < -0.39 is 18.2 Å². The quantitative estimate of drug-likeness (QED) is 0.587. The first-order chi connectivity index (χ1) is 7.24. The molecule has 0 aliphatic carbocycles. The zero-order valence-electron chi connectivity index (χ0n) is 10.2. The van der Waals surface area contributed by atoms with Crippen molar-refractivity contribution in [3.63, 3.8) is 0 Å². The van der Waals surface area contributed by atoms with Crippen molar-refractivity contribution in [3.05, 3.63) is 12.7 Å². The molecule has 1 unspecified atom stereocenters. The van der Waals surface area contributed by atoms with Gasteiger partial charge in [0.1, 0.15) is 12.7 Å². The minimum absolute atomic E-state index is 0.0163. The summed E-state index contributed by atoms with van der Waals surface area (Å²) in [5, 5.41) is 2.63. The van der Waals surface area contributed by atoms with E-state index in [0.717, 1.165) is 6.08 Å². The van der Waals surface area contributed by atoms with Crippen LogP contribution in [0.5, 0.6) is 0 Å². The summed E-state index contributed by atoms with van der Waals surface area (Å²) < 4.78 is 9.68. The van der Waals surface area contributed by atoms with Crippen LogP contribution in [0.15, 0.2) is 12.7 Å². The lowest BCUT2D eigenvalue weighted by atomic mass is 10.1. The van der Waals surface area contributed by atoms with Gasteiger partial charge >= 0.3 is 12.1 Å². The fourth-order valence-electron chi connectivity index (χ4n) is 0.811. The molecular formula is C11H19NO4. The van der Waals surface area contributed by atoms with Gasteiger partial charge in [-0.05, 0) is 27.7 Å². The number of carbonyl (C=O) groups is 2. The number of alkyl carbamates (subject to hydrolysis) is 1. The second kappa shape index (κ2) is 6.15. The lowest BCUT2D eigenvalue weighted by Crippen LogP contribution is -2.42. The normalized spacial score (nSPS) is 12.5. The Morgan fingerprint density at radius 2 is 2.00 bits per heavy atom. The van der Waals surface area contributed by atoms with Gasteiger partial charge in [0, 0.05) is 11.6 Å². The summed E-state index contributed by atoms with van der Waals surface area (Å²) >= 11 is 0. The molecule has 0 aliphatic rings. The highest BCUT2D eigenvalue weighted by molar-refractivity contribution is 5.81. The van der Waals surface area contributed by atoms with Gasteiger partial charge in [0.2, 0.25) is 0 Å². The molecule has 16 heavy (non-hydrogen) atoms. The number of amides is 1. The van der Waals surface area contributed by atoms with Crippen LogP contribution >= 0.6 is 0 Å². The fraction of sp³-hybridized carbons (Fsp3) is 0.636. The van der Waals surface area contributed by atoms with Crippen molar-refractivity contribution in [1.29, 1.82) is 0 Å². The summed E-state index contributed by atoms with van der Waals surface area (Å²) in [7, 11) is 0. The van der Waals surface area contributed by atoms with Crippen LogP contribution in [0.2, 0.25) is 0 Å². The molecule has 0 fully saturated rings. The molecule has 1 N–H and O–H groups in total. The van der Waals surface area contributed by atoms with Crippen LogP contribution in [0.1, 0.15) is 27.7 Å². The van der Waals surface area contributed by atoms with Gasteiger partial charge in [-0.2, -0.15) is 0 Å². The molecule has 1 atom stereocenters. The number of nitrogens with one attached hydrogen (secondary N) is 1. The van der Waals surface area contributed by atoms with Gasteiger partial charge in [-0.1, -0.05) is 6.58 Å². The summed E-state index contributed by atoms with van der Waals surface area (Å²) in [6.45, 7) is 10.4. The minimum Gasteiger partial charge on any atom is -0.459 e. The maximum Gasteiger partial charge on any atom is 0.407 e. The van der Waals surface area contributed by atoms with Gasteiger partial charge in [-0.15, -0.1) is 0 Å². The van der Waals surface area contributed by atoms with Crippen molar-refractivity contribution >= 4 is 12.1 Å². The second-order valence-corrected chi connectivity index (χ2v) is 4.43. The van der Waals surface area contributed by atoms with Crippen molar-refractivity contribution in [3.8, 4) is 0 Å². The van der Waals surface area contributed by atoms with Crippen molar-refractivity contribution in [1.82, 2.24) is 5.32 Å². The van der Waals surface area contributed by atoms with Crippen molar-refractivity contribution in [2.24, 2.45) is 0 Å². The summed E-state index contributed by atoms with van der Waals surface area (Å²) in [6, 6.07) is 0. The third-order valence-electron chi connectivity index (χ3n) is 1.41. The molecular weight excluding hydrogens is 210 g/mol. The van der Waals surface area contributed by atoms with Gasteiger partial charge in [0.05, 0.1) is 0 Å². The first-order valence-corrected chi connectivity index (χ1v) is 5.02. The van der Waals surface area contributed by atoms with Crippen LogP contribution in [0.4, 0.5) is 4.79 Å². The van der Waals surface area contributed by atoms with E-state index >= 15 is 0 Å². The Morgan fingerprint density at radius 1 is 1.44 bits per heavy atom. The van der Waals surface area contributed by atoms with E-state index in [4.69, 9.17) is 9.47 Å². The Kier molecular flexibility index (Phi) is 5.56. The third-order valence-corrected chi connectivity index (χ3v) is 1.41. The average molecular weight is 229 g/mol. The first kappa shape index (κ1) is 14.5. The molecule has 0 saturated carbocycles. The third kappa shape index (κ3) is 7.84. The SMILES string of the molecule is C=CC(=O)OCC(C)OC(=O)NC(C)(C)C. The monoisotopic (exact) mass is 229 g/mol. The van der Waals surface area contributed by atoms with Gasteiger partial charge in [-0.25, -0.2) is 9.59 Å². The molecule has 0 heterocycles. The maximum atomic E-state index is 11.3. The van der Waals surface area contributed by atoms with E-state index in [1.54, 1.807) is 6.92 Å². The van der Waals surface area contributed by atoms with Gasteiger partial charge in [0.15, 0.2) is 0 Å². The van der Waals surface area contributed by atoms with E-state index in [-0.39, 0.29) is 12.1 Å². The Bertz CT molecular complexity index is 268. The molecule has 0 bridgehead atoms. The Labute approximate surface area is 95.8 Å². The highest BCUT2D eigenvalue weighted by atomic mass is 16.6. The van der Waals surface area contributed by atoms with Crippen LogP contribution in [-0.4, -0.2) is 30.3 Å². The molecule has 0 radical (unpaired) electrons. The number of hydrogen-bond acceptors (Lipinski definition) is 4. The van der Waals surface area contributed by atoms with Gasteiger partial charge < -0.3 is 14.8 Å². The Hall–Kier alpha value is -1.52. The number of esters is 1. The molecule has 0 aliphatic heterocycles. The molecule has 0 aromatic rings. The average Bonchev–Trinajstić information content (AvgIpc) is 2.10. The fourth-order valence-corrected chi connectivity index (χ4v) is 0.811. The Morgan fingerprint density at radius 3 is 2.44 bits per heavy atom. The van der Waals surface area contributed by atoms with Crippen molar-refractivity contribution in [2.45, 2.75) is 39.3 Å². The summed E-state index contributed by atoms with van der Waals surface area (Å²) in [6.07, 6.45) is 0.0305. The van der Waals surface area contributed by atoms with Crippen LogP contribution < -0.4 is 5.32 Å². The summed E-state index contributed by atoms with van der Waals surface area (Å²) in [4.78, 5) is 22.0. The summed E-state index contributed by atoms with van der Waals surface area (Å²) in [5.41, 5.74) is -0.353. The molecule has 1 amide bonds. The highest BCUT2D eigenvalue weighted by Gasteiger charge is 2.17. The smallest absolute Gasteiger partial charge is 0.407 e. The zero-order chi connectivity index (χ0) is 12.8. The van der Waals surface area contributed by atoms with Crippen LogP contribution in [-0.2, 0) is 14.3 Å². The predicted molar refractivity (Wildman–Crippen MR) is 60.0 cm³/mol. The Balaban J connectivity index is 3.87. The molecule has 0 aromatic heterocycles. The van der Waals surface area contributed by atoms with E-state index in [0.29, 0.717) is 0 Å². The zero-order valence-corrected chi connectivity index (χ0v) is 10.2. The number of ether oxygens (including phenoxy) is 2. The minimum atomic E-state index is -0.535. The molecule has 5 heteroatoms. The maximum absolute atomic E-state index is 11.3. The van der Waals surface area contributed by atoms with Gasteiger partial charge in [0.25, 0.3) is 0 Å². The molecule has 0 rings (SSSR count). The standard InChI is InChI=1S/C11H19NO4/c1-6-9(13)15-7-8(2)16-10(14)12-11(3,4)5/h6,8H,1,7H2,2-5H3,(H,12,14). The molecule has 0 saturated heterocycles. The van der Waals surface area contributed by atoms with Gasteiger partial charge in [-0.3, -0.25) is 0 Å². The lowest BCUT2D eigenvalue weighted by Gasteiger charge is -2.21.